The second-order valence-corrected chi connectivity index (χ2v) is 21.3. The second kappa shape index (κ2) is 25.3. The minimum absolute atomic E-state index is 0. The summed E-state index contributed by atoms with van der Waals surface area (Å²) in [7, 11) is -8.39. The third-order valence-electron chi connectivity index (χ3n) is 10.4. The number of sulfone groups is 1. The van der Waals surface area contributed by atoms with E-state index in [9.17, 15) is 39.6 Å². The van der Waals surface area contributed by atoms with E-state index in [1.54, 1.807) is 25.1 Å². The molecule has 0 saturated carbocycles. The van der Waals surface area contributed by atoms with Gasteiger partial charge in [-0.15, -0.1) is 0 Å². The molecule has 396 valence electrons. The number of rotatable bonds is 21. The molecule has 0 aliphatic heterocycles. The van der Waals surface area contributed by atoms with E-state index in [-0.39, 0.29) is 68.5 Å². The first-order chi connectivity index (χ1) is 35.1. The van der Waals surface area contributed by atoms with Gasteiger partial charge in [0, 0.05) is 34.7 Å². The number of halogens is 3. The zero-order valence-corrected chi connectivity index (χ0v) is 42.9. The summed E-state index contributed by atoms with van der Waals surface area (Å²) >= 11 is 0. The molecule has 0 aliphatic carbocycles. The fourth-order valence-electron chi connectivity index (χ4n) is 6.87. The molecule has 74 heavy (non-hydrogen) atoms. The number of nitrogens with one attached hydrogen (secondary N) is 1. The van der Waals surface area contributed by atoms with Crippen LogP contribution in [0.15, 0.2) is 137 Å². The molecule has 4 aromatic heterocycles. The van der Waals surface area contributed by atoms with Gasteiger partial charge in [0.25, 0.3) is 15.9 Å². The van der Waals surface area contributed by atoms with E-state index in [1.807, 2.05) is 45.9 Å². The van der Waals surface area contributed by atoms with Crippen molar-refractivity contribution in [1.82, 2.24) is 24.7 Å². The number of amides is 1. The van der Waals surface area contributed by atoms with Gasteiger partial charge in [-0.3, -0.25) is 9.59 Å². The number of Topliss-reactive ketones (excluding diaryl/α,β-unsaturated/α-hetero) is 1. The first kappa shape index (κ1) is 55.6. The predicted molar refractivity (Wildman–Crippen MR) is 282 cm³/mol. The minimum Gasteiger partial charge on any atom is -0.493 e. The normalized spacial score (nSPS) is 11.4. The number of sulfonamides is 1. The molecule has 20 heteroatoms. The Morgan fingerprint density at radius 3 is 1.80 bits per heavy atom. The first-order valence-corrected chi connectivity index (χ1v) is 26.5. The van der Waals surface area contributed by atoms with Gasteiger partial charge in [0.2, 0.25) is 21.7 Å². The number of carbonyl (C=O) groups is 2. The van der Waals surface area contributed by atoms with Crippen molar-refractivity contribution in [3.05, 3.63) is 167 Å². The van der Waals surface area contributed by atoms with Gasteiger partial charge in [0.05, 0.1) is 36.8 Å². The molecule has 3 aromatic carbocycles. The van der Waals surface area contributed by atoms with E-state index in [0.717, 1.165) is 25.0 Å². The zero-order valence-electron chi connectivity index (χ0n) is 41.2. The van der Waals surface area contributed by atoms with Crippen molar-refractivity contribution in [2.45, 2.75) is 63.9 Å². The second-order valence-electron chi connectivity index (χ2n) is 17.8. The van der Waals surface area contributed by atoms with Gasteiger partial charge in [-0.2, -0.15) is 12.8 Å². The number of pyridine rings is 4. The van der Waals surface area contributed by atoms with E-state index < -0.39 is 60.4 Å². The number of anilines is 1. The molecule has 0 atom stereocenters. The van der Waals surface area contributed by atoms with E-state index in [1.165, 1.54) is 72.3 Å². The van der Waals surface area contributed by atoms with Crippen molar-refractivity contribution in [1.29, 1.82) is 0 Å². The third kappa shape index (κ3) is 16.1. The summed E-state index contributed by atoms with van der Waals surface area (Å²) in [6.07, 6.45) is 2.36. The molecule has 0 fully saturated rings. The van der Waals surface area contributed by atoms with E-state index in [0.29, 0.717) is 42.3 Å². The Morgan fingerprint density at radius 2 is 1.22 bits per heavy atom. The predicted octanol–water partition coefficient (Wildman–Crippen LogP) is 10.8. The van der Waals surface area contributed by atoms with E-state index in [4.69, 9.17) is 19.9 Å². The third-order valence-corrected chi connectivity index (χ3v) is 13.2. The highest BCUT2D eigenvalue weighted by Crippen LogP contribution is 2.30. The van der Waals surface area contributed by atoms with Gasteiger partial charge in [0.1, 0.15) is 40.3 Å². The Hall–Kier alpha value is -7.71. The molecule has 0 saturated heterocycles. The number of hydrogen-bond donors (Lipinski definition) is 2. The van der Waals surface area contributed by atoms with Crippen molar-refractivity contribution in [3.8, 4) is 39.9 Å². The number of carbonyl (C=O) groups excluding carboxylic acids is 2. The summed E-state index contributed by atoms with van der Waals surface area (Å²) in [5.41, 5.74) is 7.66. The number of ketones is 1. The van der Waals surface area contributed by atoms with Gasteiger partial charge < -0.3 is 19.9 Å². The van der Waals surface area contributed by atoms with Crippen LogP contribution in [0.1, 0.15) is 78.2 Å². The summed E-state index contributed by atoms with van der Waals surface area (Å²) in [6, 6.07) is 32.0. The molecule has 4 heterocycles. The van der Waals surface area contributed by atoms with E-state index in [2.05, 4.69) is 36.8 Å². The highest BCUT2D eigenvalue weighted by molar-refractivity contribution is 7.92. The Labute approximate surface area is 434 Å². The van der Waals surface area contributed by atoms with Gasteiger partial charge >= 0.3 is 0 Å². The summed E-state index contributed by atoms with van der Waals surface area (Å²) in [5.74, 6) is -4.19. The Bertz CT molecular complexity index is 3350. The summed E-state index contributed by atoms with van der Waals surface area (Å²) in [5, 5.41) is -0.665. The van der Waals surface area contributed by atoms with Crippen molar-refractivity contribution in [2.24, 2.45) is 11.8 Å². The highest BCUT2D eigenvalue weighted by Gasteiger charge is 2.26. The van der Waals surface area contributed by atoms with Gasteiger partial charge in [-0.1, -0.05) is 70.2 Å². The highest BCUT2D eigenvalue weighted by atomic mass is 32.2. The average Bonchev–Trinajstić information content (AvgIpc) is 3.35. The average molecular weight is 1060 g/mol. The Kier molecular flexibility index (Phi) is 19.0. The van der Waals surface area contributed by atoms with Crippen LogP contribution in [0.5, 0.6) is 17.4 Å². The van der Waals surface area contributed by atoms with Crippen LogP contribution in [0.4, 0.5) is 19.0 Å². The number of nitrogens with zero attached hydrogens (tertiary/aromatic N) is 4. The molecular weight excluding hydrogens is 998 g/mol. The summed E-state index contributed by atoms with van der Waals surface area (Å²) in [4.78, 5) is 41.6. The molecule has 0 radical (unpaired) electrons. The first-order valence-electron chi connectivity index (χ1n) is 23.4. The molecule has 0 unspecified atom stereocenters. The monoisotopic (exact) mass is 1060 g/mol. The van der Waals surface area contributed by atoms with Gasteiger partial charge in [-0.25, -0.2) is 41.9 Å². The molecule has 0 aliphatic rings. The molecule has 0 spiro atoms. The maximum atomic E-state index is 14.6. The molecule has 1 amide bonds. The van der Waals surface area contributed by atoms with Gasteiger partial charge in [0.15, 0.2) is 15.8 Å². The van der Waals surface area contributed by atoms with Crippen molar-refractivity contribution < 1.29 is 59.5 Å². The summed E-state index contributed by atoms with van der Waals surface area (Å²) < 4.78 is 113. The largest absolute Gasteiger partial charge is 0.493 e. The van der Waals surface area contributed by atoms with Crippen LogP contribution in [0, 0.1) is 36.3 Å². The molecule has 7 aromatic rings. The standard InChI is InChI=1S/C32H34FN3O5S.C22H21F2N3O4S.4H2/c1-22(2)21-41-27-19-25(18-26(33)20-27)29-16-15-28(31(37)36-42(38,39)30-14-9-10-23(3)34-30)32(35-29)40-17-8-7-13-24-11-5-4-6-12-24;1-13(2)11-31-16-9-14(8-15(23)10-16)18-7-6-17(22(24)26-18)19(28)12-32(29,30)21-5-3-4-20(25)27-21;;;;/h4-6,9-12,14-16,18-20,22H,7-8,13,17,21H2,1-3H3,(H,36,37);3-10,13H,11-12H2,1-2H3,(H2,25,27);4*1H. The topological polar surface area (TPSA) is 220 Å². The molecule has 15 nitrogen and oxygen atoms in total. The number of aromatic nitrogens is 4. The summed E-state index contributed by atoms with van der Waals surface area (Å²) in [6.45, 7) is 10.5. The number of nitrogen functional groups attached to an aromatic ring is 1. The lowest BCUT2D eigenvalue weighted by Crippen LogP contribution is -2.31. The minimum atomic E-state index is -4.25. The maximum Gasteiger partial charge on any atom is 0.281 e. The molecule has 7 rings (SSSR count). The van der Waals surface area contributed by atoms with Crippen LogP contribution in [0.2, 0.25) is 0 Å². The number of benzene rings is 3. The quantitative estimate of drug-likeness (QED) is 0.0389. The number of ether oxygens (including phenoxy) is 3. The number of unbranched alkanes of at least 4 members (excludes halogenated alkanes) is 1. The number of nitrogens with two attached hydrogens (primary N) is 1. The molecular formula is C54H63F3N6O9S2. The van der Waals surface area contributed by atoms with Crippen molar-refractivity contribution in [3.63, 3.8) is 0 Å². The zero-order chi connectivity index (χ0) is 53.6. The van der Waals surface area contributed by atoms with Crippen LogP contribution in [-0.4, -0.2) is 74.0 Å². The van der Waals surface area contributed by atoms with Crippen LogP contribution in [0.25, 0.3) is 22.5 Å². The van der Waals surface area contributed by atoms with Crippen LogP contribution in [-0.2, 0) is 26.3 Å². The van der Waals surface area contributed by atoms with Crippen LogP contribution < -0.4 is 24.7 Å². The smallest absolute Gasteiger partial charge is 0.281 e. The van der Waals surface area contributed by atoms with Crippen LogP contribution >= 0.6 is 0 Å². The van der Waals surface area contributed by atoms with Gasteiger partial charge in [-0.05, 0) is 116 Å². The lowest BCUT2D eigenvalue weighted by atomic mass is 10.1. The fourth-order valence-corrected chi connectivity index (χ4v) is 9.03. The SMILES string of the molecule is CC(C)COc1cc(F)cc(-c2ccc(C(=O)CS(=O)(=O)c3cccc(N)n3)c(F)n2)c1.Cc1cccc(S(=O)(=O)NC(=O)c2ccc(-c3cc(F)cc(OCC(C)C)c3)nc2OCCCCc2ccccc2)n1.[HH].[HH].[HH].[HH]. The lowest BCUT2D eigenvalue weighted by Gasteiger charge is -2.14. The number of aryl methyl sites for hydroxylation is 2. The fraction of sp³-hybridized carbons (Fsp3) is 0.259. The lowest BCUT2D eigenvalue weighted by molar-refractivity contribution is 0.0974. The van der Waals surface area contributed by atoms with Crippen LogP contribution in [0.3, 0.4) is 0 Å². The molecule has 0 bridgehead atoms. The Balaban J connectivity index is 0.000000524. The van der Waals surface area contributed by atoms with Crippen molar-refractivity contribution in [2.75, 3.05) is 31.3 Å². The molecule has 3 N–H and O–H groups in total. The van der Waals surface area contributed by atoms with Crippen molar-refractivity contribution >= 4 is 37.4 Å². The van der Waals surface area contributed by atoms with E-state index >= 15 is 0 Å². The number of hydrogen-bond acceptors (Lipinski definition) is 14. The Morgan fingerprint density at radius 1 is 0.635 bits per heavy atom. The maximum absolute atomic E-state index is 14.6.